The van der Waals surface area contributed by atoms with Crippen LogP contribution in [0.2, 0.25) is 0 Å². The van der Waals surface area contributed by atoms with Crippen molar-refractivity contribution in [1.29, 1.82) is 0 Å². The van der Waals surface area contributed by atoms with Crippen LogP contribution in [0.1, 0.15) is 30.9 Å². The van der Waals surface area contributed by atoms with Gasteiger partial charge in [0, 0.05) is 12.5 Å². The van der Waals surface area contributed by atoms with Gasteiger partial charge in [-0.15, -0.1) is 0 Å². The molecule has 2 unspecified atom stereocenters. The van der Waals surface area contributed by atoms with E-state index in [0.717, 1.165) is 0 Å². The number of aliphatic hydroxyl groups is 1. The van der Waals surface area contributed by atoms with Gasteiger partial charge in [0.05, 0.1) is 6.10 Å². The summed E-state index contributed by atoms with van der Waals surface area (Å²) >= 11 is 0. The Bertz CT molecular complexity index is 309. The lowest BCUT2D eigenvalue weighted by Crippen LogP contribution is -2.30. The monoisotopic (exact) mass is 207 g/mol. The first-order valence-corrected chi connectivity index (χ1v) is 5.51. The second-order valence-corrected chi connectivity index (χ2v) is 4.43. The van der Waals surface area contributed by atoms with Crippen molar-refractivity contribution in [2.24, 2.45) is 11.7 Å². The molecule has 84 valence electrons. The van der Waals surface area contributed by atoms with E-state index in [1.165, 1.54) is 11.1 Å². The highest BCUT2D eigenvalue weighted by molar-refractivity contribution is 5.30. The number of hydrogen-bond acceptors (Lipinski definition) is 2. The number of aryl methyl sites for hydroxylation is 1. The molecular weight excluding hydrogens is 186 g/mol. The lowest BCUT2D eigenvalue weighted by atomic mass is 9.85. The molecule has 15 heavy (non-hydrogen) atoms. The third-order valence-electron chi connectivity index (χ3n) is 2.94. The van der Waals surface area contributed by atoms with E-state index in [-0.39, 0.29) is 17.9 Å². The smallest absolute Gasteiger partial charge is 0.0643 e. The number of aliphatic hydroxyl groups excluding tert-OH is 1. The summed E-state index contributed by atoms with van der Waals surface area (Å²) < 4.78 is 0. The number of nitrogens with two attached hydrogens (primary N) is 1. The summed E-state index contributed by atoms with van der Waals surface area (Å²) in [5.74, 6) is 0.282. The lowest BCUT2D eigenvalue weighted by Gasteiger charge is -2.26. The molecule has 0 fully saturated rings. The molecular formula is C13H21NO. The van der Waals surface area contributed by atoms with Crippen LogP contribution in [-0.2, 0) is 0 Å². The molecule has 0 aliphatic rings. The number of rotatable bonds is 4. The fourth-order valence-corrected chi connectivity index (χ4v) is 1.92. The third kappa shape index (κ3) is 2.80. The maximum absolute atomic E-state index is 10.1. The summed E-state index contributed by atoms with van der Waals surface area (Å²) in [4.78, 5) is 0. The van der Waals surface area contributed by atoms with E-state index in [0.29, 0.717) is 6.54 Å². The quantitative estimate of drug-likeness (QED) is 0.793. The zero-order valence-corrected chi connectivity index (χ0v) is 9.77. The van der Waals surface area contributed by atoms with E-state index in [4.69, 9.17) is 5.73 Å². The van der Waals surface area contributed by atoms with Crippen LogP contribution in [0.3, 0.4) is 0 Å². The molecule has 1 aromatic carbocycles. The van der Waals surface area contributed by atoms with Crippen molar-refractivity contribution < 1.29 is 5.11 Å². The molecule has 0 aliphatic carbocycles. The lowest BCUT2D eigenvalue weighted by molar-refractivity contribution is 0.0983. The van der Waals surface area contributed by atoms with E-state index in [1.807, 2.05) is 26.0 Å². The van der Waals surface area contributed by atoms with Crippen LogP contribution >= 0.6 is 0 Å². The molecule has 0 saturated carbocycles. The standard InChI is InChI=1S/C13H21NO/c1-9(2)13(15)12(8-14)11-7-5-4-6-10(11)3/h4-7,9,12-13,15H,8,14H2,1-3H3. The van der Waals surface area contributed by atoms with Gasteiger partial charge in [-0.2, -0.15) is 0 Å². The first-order chi connectivity index (χ1) is 7.07. The molecule has 0 spiro atoms. The number of hydrogen-bond donors (Lipinski definition) is 2. The fourth-order valence-electron chi connectivity index (χ4n) is 1.92. The van der Waals surface area contributed by atoms with Crippen LogP contribution in [0.4, 0.5) is 0 Å². The zero-order valence-electron chi connectivity index (χ0n) is 9.77. The highest BCUT2D eigenvalue weighted by atomic mass is 16.3. The molecule has 0 radical (unpaired) electrons. The second-order valence-electron chi connectivity index (χ2n) is 4.43. The van der Waals surface area contributed by atoms with Crippen LogP contribution < -0.4 is 5.73 Å². The predicted molar refractivity (Wildman–Crippen MR) is 63.8 cm³/mol. The van der Waals surface area contributed by atoms with Crippen molar-refractivity contribution >= 4 is 0 Å². The van der Waals surface area contributed by atoms with E-state index >= 15 is 0 Å². The van der Waals surface area contributed by atoms with Gasteiger partial charge < -0.3 is 10.8 Å². The zero-order chi connectivity index (χ0) is 11.4. The van der Waals surface area contributed by atoms with Crippen molar-refractivity contribution in [3.05, 3.63) is 35.4 Å². The van der Waals surface area contributed by atoms with E-state index in [1.54, 1.807) is 0 Å². The van der Waals surface area contributed by atoms with Crippen LogP contribution in [-0.4, -0.2) is 17.8 Å². The van der Waals surface area contributed by atoms with Gasteiger partial charge in [0.1, 0.15) is 0 Å². The molecule has 3 N–H and O–H groups in total. The van der Waals surface area contributed by atoms with Gasteiger partial charge in [-0.1, -0.05) is 38.1 Å². The van der Waals surface area contributed by atoms with Gasteiger partial charge >= 0.3 is 0 Å². The van der Waals surface area contributed by atoms with Crippen molar-refractivity contribution in [3.63, 3.8) is 0 Å². The Morgan fingerprint density at radius 1 is 1.27 bits per heavy atom. The molecule has 2 atom stereocenters. The Balaban J connectivity index is 2.97. The minimum atomic E-state index is -0.365. The fraction of sp³-hybridized carbons (Fsp3) is 0.538. The Kier molecular flexibility index (Phi) is 4.30. The van der Waals surface area contributed by atoms with Crippen LogP contribution in [0.5, 0.6) is 0 Å². The highest BCUT2D eigenvalue weighted by Gasteiger charge is 2.23. The van der Waals surface area contributed by atoms with Gasteiger partial charge in [0.2, 0.25) is 0 Å². The summed E-state index contributed by atoms with van der Waals surface area (Å²) in [6.07, 6.45) is -0.365. The molecule has 0 heterocycles. The average molecular weight is 207 g/mol. The third-order valence-corrected chi connectivity index (χ3v) is 2.94. The molecule has 1 aromatic rings. The van der Waals surface area contributed by atoms with E-state index in [9.17, 15) is 5.11 Å². The Morgan fingerprint density at radius 3 is 2.33 bits per heavy atom. The van der Waals surface area contributed by atoms with Crippen molar-refractivity contribution in [2.75, 3.05) is 6.54 Å². The summed E-state index contributed by atoms with van der Waals surface area (Å²) in [5.41, 5.74) is 8.12. The largest absolute Gasteiger partial charge is 0.392 e. The Labute approximate surface area is 92.1 Å². The molecule has 2 nitrogen and oxygen atoms in total. The Hall–Kier alpha value is -0.860. The molecule has 0 bridgehead atoms. The minimum absolute atomic E-state index is 0.0474. The summed E-state index contributed by atoms with van der Waals surface area (Å²) in [5, 5.41) is 10.1. The van der Waals surface area contributed by atoms with Crippen LogP contribution in [0.15, 0.2) is 24.3 Å². The average Bonchev–Trinajstić information content (AvgIpc) is 2.21. The van der Waals surface area contributed by atoms with Crippen molar-refractivity contribution in [2.45, 2.75) is 32.8 Å². The van der Waals surface area contributed by atoms with Gasteiger partial charge in [-0.05, 0) is 24.0 Å². The molecule has 1 rings (SSSR count). The molecule has 0 saturated heterocycles. The maximum Gasteiger partial charge on any atom is 0.0643 e. The van der Waals surface area contributed by atoms with E-state index in [2.05, 4.69) is 19.1 Å². The topological polar surface area (TPSA) is 46.2 Å². The summed E-state index contributed by atoms with van der Waals surface area (Å²) in [6, 6.07) is 8.12. The van der Waals surface area contributed by atoms with Gasteiger partial charge in [0.25, 0.3) is 0 Å². The Morgan fingerprint density at radius 2 is 1.87 bits per heavy atom. The second kappa shape index (κ2) is 5.29. The molecule has 0 amide bonds. The van der Waals surface area contributed by atoms with Gasteiger partial charge in [0.15, 0.2) is 0 Å². The molecule has 2 heteroatoms. The summed E-state index contributed by atoms with van der Waals surface area (Å²) in [7, 11) is 0. The SMILES string of the molecule is Cc1ccccc1C(CN)C(O)C(C)C. The minimum Gasteiger partial charge on any atom is -0.392 e. The van der Waals surface area contributed by atoms with Gasteiger partial charge in [-0.25, -0.2) is 0 Å². The maximum atomic E-state index is 10.1. The van der Waals surface area contributed by atoms with Crippen LogP contribution in [0.25, 0.3) is 0 Å². The van der Waals surface area contributed by atoms with Crippen molar-refractivity contribution in [1.82, 2.24) is 0 Å². The predicted octanol–water partition coefficient (Wildman–Crippen LogP) is 2.05. The molecule has 0 aromatic heterocycles. The normalized spacial score (nSPS) is 15.3. The van der Waals surface area contributed by atoms with Crippen LogP contribution in [0, 0.1) is 12.8 Å². The van der Waals surface area contributed by atoms with Crippen molar-refractivity contribution in [3.8, 4) is 0 Å². The highest BCUT2D eigenvalue weighted by Crippen LogP contribution is 2.25. The van der Waals surface area contributed by atoms with Gasteiger partial charge in [-0.3, -0.25) is 0 Å². The van der Waals surface area contributed by atoms with E-state index < -0.39 is 0 Å². The first-order valence-electron chi connectivity index (χ1n) is 5.51. The first kappa shape index (κ1) is 12.2. The molecule has 0 aliphatic heterocycles. The summed E-state index contributed by atoms with van der Waals surface area (Å²) in [6.45, 7) is 6.59. The number of benzene rings is 1.